The molecule has 0 aliphatic carbocycles. The Balaban J connectivity index is 1.53. The zero-order valence-corrected chi connectivity index (χ0v) is 19.3. The molecule has 0 amide bonds. The number of aromatic nitrogens is 7. The minimum atomic E-state index is -0.450. The molecule has 0 unspecified atom stereocenters. The largest absolute Gasteiger partial charge is 0.378 e. The number of anilines is 1. The lowest BCUT2D eigenvalue weighted by atomic mass is 10.0. The monoisotopic (exact) mass is 464 g/mol. The van der Waals surface area contributed by atoms with Gasteiger partial charge < -0.3 is 9.88 Å². The number of imidazole rings is 1. The van der Waals surface area contributed by atoms with E-state index in [1.165, 1.54) is 0 Å². The first-order chi connectivity index (χ1) is 17.0. The SMILES string of the molecule is Cc1cc(-c2ncc3[nH]nc(-c4nc5c(-c6ccncc6)nccc5[nH]4)c3c2F)cc(N(C)C)c1. The van der Waals surface area contributed by atoms with Gasteiger partial charge in [-0.15, -0.1) is 0 Å². The highest BCUT2D eigenvalue weighted by atomic mass is 19.1. The van der Waals surface area contributed by atoms with Gasteiger partial charge in [-0.2, -0.15) is 5.10 Å². The maximum atomic E-state index is 16.0. The van der Waals surface area contributed by atoms with Gasteiger partial charge in [0.1, 0.15) is 16.9 Å². The van der Waals surface area contributed by atoms with Gasteiger partial charge in [0, 0.05) is 49.5 Å². The van der Waals surface area contributed by atoms with Gasteiger partial charge in [0.2, 0.25) is 0 Å². The lowest BCUT2D eigenvalue weighted by Gasteiger charge is -2.15. The van der Waals surface area contributed by atoms with Gasteiger partial charge in [-0.1, -0.05) is 0 Å². The quantitative estimate of drug-likeness (QED) is 0.375. The third-order valence-corrected chi connectivity index (χ3v) is 5.98. The average Bonchev–Trinajstić information content (AvgIpc) is 3.49. The smallest absolute Gasteiger partial charge is 0.161 e. The fraction of sp³-hybridized carbons (Fsp3) is 0.115. The number of pyridine rings is 3. The number of rotatable bonds is 4. The molecular weight excluding hydrogens is 443 g/mol. The normalized spacial score (nSPS) is 11.4. The molecule has 8 nitrogen and oxygen atoms in total. The van der Waals surface area contributed by atoms with Crippen molar-refractivity contribution in [1.29, 1.82) is 0 Å². The number of aromatic amines is 2. The molecule has 35 heavy (non-hydrogen) atoms. The predicted octanol–water partition coefficient (Wildman–Crippen LogP) is 5.14. The maximum absolute atomic E-state index is 16.0. The van der Waals surface area contributed by atoms with Gasteiger partial charge in [0.25, 0.3) is 0 Å². The average molecular weight is 465 g/mol. The molecule has 0 atom stereocenters. The summed E-state index contributed by atoms with van der Waals surface area (Å²) in [5.74, 6) is -0.00155. The molecule has 0 aliphatic heterocycles. The molecule has 5 aromatic heterocycles. The van der Waals surface area contributed by atoms with Crippen LogP contribution in [0.25, 0.3) is 56.0 Å². The molecule has 0 saturated carbocycles. The molecule has 0 radical (unpaired) electrons. The maximum Gasteiger partial charge on any atom is 0.161 e. The van der Waals surface area contributed by atoms with Crippen molar-refractivity contribution < 1.29 is 4.39 Å². The molecule has 6 aromatic rings. The van der Waals surface area contributed by atoms with E-state index in [1.54, 1.807) is 24.8 Å². The van der Waals surface area contributed by atoms with Crippen LogP contribution in [0.3, 0.4) is 0 Å². The summed E-state index contributed by atoms with van der Waals surface area (Å²) >= 11 is 0. The van der Waals surface area contributed by atoms with E-state index in [4.69, 9.17) is 4.98 Å². The summed E-state index contributed by atoms with van der Waals surface area (Å²) in [5.41, 5.74) is 6.91. The Kier molecular flexibility index (Phi) is 4.77. The minimum Gasteiger partial charge on any atom is -0.378 e. The number of aryl methyl sites for hydroxylation is 1. The summed E-state index contributed by atoms with van der Waals surface area (Å²) in [6, 6.07) is 11.5. The van der Waals surface area contributed by atoms with Crippen LogP contribution < -0.4 is 4.90 Å². The van der Waals surface area contributed by atoms with Crippen molar-refractivity contribution in [3.63, 3.8) is 0 Å². The summed E-state index contributed by atoms with van der Waals surface area (Å²) < 4.78 is 16.0. The van der Waals surface area contributed by atoms with E-state index in [0.29, 0.717) is 39.2 Å². The third-order valence-electron chi connectivity index (χ3n) is 5.98. The van der Waals surface area contributed by atoms with Crippen molar-refractivity contribution in [2.24, 2.45) is 0 Å². The molecule has 0 fully saturated rings. The van der Waals surface area contributed by atoms with Crippen LogP contribution in [0.15, 0.2) is 61.2 Å². The summed E-state index contributed by atoms with van der Waals surface area (Å²) in [6.45, 7) is 1.99. The second-order valence-corrected chi connectivity index (χ2v) is 8.61. The molecule has 0 aliphatic rings. The van der Waals surface area contributed by atoms with E-state index >= 15 is 4.39 Å². The Morgan fingerprint density at radius 1 is 0.857 bits per heavy atom. The lowest BCUT2D eigenvalue weighted by Crippen LogP contribution is -2.09. The molecule has 6 rings (SSSR count). The standard InChI is InChI=1S/C26H21FN8/c1-14-10-16(12-17(11-14)35(2)3)22-21(27)20-19(13-30-22)33-34-25(20)26-31-18-6-9-29-23(24(18)32-26)15-4-7-28-8-5-15/h4-13H,1-3H3,(H,31,32)(H,33,34). The first kappa shape index (κ1) is 20.9. The first-order valence-corrected chi connectivity index (χ1v) is 11.1. The van der Waals surface area contributed by atoms with Crippen LogP contribution in [0.5, 0.6) is 0 Å². The zero-order chi connectivity index (χ0) is 24.1. The van der Waals surface area contributed by atoms with Gasteiger partial charge in [-0.3, -0.25) is 20.1 Å². The topological polar surface area (TPSA) is 99.3 Å². The number of benzene rings is 1. The van der Waals surface area contributed by atoms with Crippen LogP contribution in [0.4, 0.5) is 10.1 Å². The van der Waals surface area contributed by atoms with Crippen molar-refractivity contribution in [3.05, 3.63) is 72.6 Å². The van der Waals surface area contributed by atoms with Crippen LogP contribution in [0, 0.1) is 12.7 Å². The van der Waals surface area contributed by atoms with Crippen molar-refractivity contribution >= 4 is 27.6 Å². The summed E-state index contributed by atoms with van der Waals surface area (Å²) in [4.78, 5) is 23.0. The third kappa shape index (κ3) is 3.48. The number of H-pyrrole nitrogens is 2. The fourth-order valence-corrected chi connectivity index (χ4v) is 4.27. The zero-order valence-electron chi connectivity index (χ0n) is 19.3. The Labute approximate surface area is 199 Å². The van der Waals surface area contributed by atoms with Gasteiger partial charge >= 0.3 is 0 Å². The van der Waals surface area contributed by atoms with E-state index in [-0.39, 0.29) is 5.69 Å². The van der Waals surface area contributed by atoms with Gasteiger partial charge in [-0.05, 0) is 48.9 Å². The summed E-state index contributed by atoms with van der Waals surface area (Å²) in [7, 11) is 3.91. The highest BCUT2D eigenvalue weighted by Gasteiger charge is 2.21. The molecular formula is C26H21FN8. The van der Waals surface area contributed by atoms with Crippen molar-refractivity contribution in [1.82, 2.24) is 35.1 Å². The molecule has 0 saturated heterocycles. The molecule has 1 aromatic carbocycles. The molecule has 5 heterocycles. The van der Waals surface area contributed by atoms with E-state index < -0.39 is 5.82 Å². The van der Waals surface area contributed by atoms with Crippen molar-refractivity contribution in [2.45, 2.75) is 6.92 Å². The van der Waals surface area contributed by atoms with Gasteiger partial charge in [-0.25, -0.2) is 9.37 Å². The summed E-state index contributed by atoms with van der Waals surface area (Å²) in [6.07, 6.45) is 6.74. The number of hydrogen-bond acceptors (Lipinski definition) is 6. The highest BCUT2D eigenvalue weighted by Crippen LogP contribution is 2.35. The number of nitrogens with one attached hydrogen (secondary N) is 2. The summed E-state index contributed by atoms with van der Waals surface area (Å²) in [5, 5.41) is 7.61. The van der Waals surface area contributed by atoms with Crippen molar-refractivity contribution in [2.75, 3.05) is 19.0 Å². The number of nitrogens with zero attached hydrogens (tertiary/aromatic N) is 6. The van der Waals surface area contributed by atoms with Crippen LogP contribution >= 0.6 is 0 Å². The molecule has 9 heteroatoms. The Morgan fingerprint density at radius 2 is 1.69 bits per heavy atom. The number of hydrogen-bond donors (Lipinski definition) is 2. The van der Waals surface area contributed by atoms with Gasteiger partial charge in [0.15, 0.2) is 11.6 Å². The van der Waals surface area contributed by atoms with Crippen LogP contribution in [-0.2, 0) is 0 Å². The number of fused-ring (bicyclic) bond motifs is 2. The van der Waals surface area contributed by atoms with Crippen molar-refractivity contribution in [3.8, 4) is 34.0 Å². The second-order valence-electron chi connectivity index (χ2n) is 8.61. The fourth-order valence-electron chi connectivity index (χ4n) is 4.27. The lowest BCUT2D eigenvalue weighted by molar-refractivity contribution is 0.638. The van der Waals surface area contributed by atoms with Gasteiger partial charge in [0.05, 0.1) is 28.3 Å². The van der Waals surface area contributed by atoms with E-state index in [9.17, 15) is 0 Å². The van der Waals surface area contributed by atoms with Crippen LogP contribution in [-0.4, -0.2) is 49.2 Å². The predicted molar refractivity (Wildman–Crippen MR) is 134 cm³/mol. The van der Waals surface area contributed by atoms with E-state index in [2.05, 4.69) is 30.1 Å². The van der Waals surface area contributed by atoms with Crippen LogP contribution in [0.1, 0.15) is 5.56 Å². The first-order valence-electron chi connectivity index (χ1n) is 11.1. The molecule has 2 N–H and O–H groups in total. The Morgan fingerprint density at radius 3 is 2.49 bits per heavy atom. The Bertz CT molecular complexity index is 1700. The minimum absolute atomic E-state index is 0.266. The Hall–Kier alpha value is -4.66. The second kappa shape index (κ2) is 7.98. The van der Waals surface area contributed by atoms with E-state index in [1.807, 2.05) is 62.3 Å². The van der Waals surface area contributed by atoms with Crippen LogP contribution in [0.2, 0.25) is 0 Å². The molecule has 0 spiro atoms. The highest BCUT2D eigenvalue weighted by molar-refractivity contribution is 5.97. The number of halogens is 1. The molecule has 0 bridgehead atoms. The molecule has 172 valence electrons. The van der Waals surface area contributed by atoms with E-state index in [0.717, 1.165) is 22.3 Å².